The first kappa shape index (κ1) is 54.3. The second-order valence-electron chi connectivity index (χ2n) is 17.5. The quantitative estimate of drug-likeness (QED) is 0.0232. The van der Waals surface area contributed by atoms with E-state index < -0.39 is 61.7 Å². The second-order valence-corrected chi connectivity index (χ2v) is 17.5. The number of hydrogen-bond donors (Lipinski definition) is 7. The number of carbonyl (C=O) groups is 1. The third-order valence-corrected chi connectivity index (χ3v) is 12.3. The van der Waals surface area contributed by atoms with E-state index in [1.54, 1.807) is 0 Å². The van der Waals surface area contributed by atoms with Crippen LogP contribution in [-0.4, -0.2) is 92.2 Å². The summed E-state index contributed by atoms with van der Waals surface area (Å²) in [6.45, 7) is 3.86. The molecule has 0 amide bonds. The van der Waals surface area contributed by atoms with Gasteiger partial charge in [0.15, 0.2) is 6.29 Å². The predicted molar refractivity (Wildman–Crippen MR) is 232 cm³/mol. The Kier molecular flexibility index (Phi) is 35.4. The molecular formula is C47H93NO9. The summed E-state index contributed by atoms with van der Waals surface area (Å²) in [6, 6.07) is 0. The van der Waals surface area contributed by atoms with Crippen molar-refractivity contribution >= 4 is 5.78 Å². The van der Waals surface area contributed by atoms with Crippen molar-refractivity contribution in [3.05, 3.63) is 0 Å². The molecule has 1 fully saturated rings. The van der Waals surface area contributed by atoms with Gasteiger partial charge in [-0.2, -0.15) is 0 Å². The minimum absolute atomic E-state index is 0.164. The number of ether oxygens (including phenoxy) is 2. The Morgan fingerprint density at radius 1 is 0.544 bits per heavy atom. The minimum Gasteiger partial charge on any atom is -0.394 e. The second kappa shape index (κ2) is 37.1. The fourth-order valence-electron chi connectivity index (χ4n) is 8.31. The van der Waals surface area contributed by atoms with E-state index >= 15 is 0 Å². The van der Waals surface area contributed by atoms with Crippen LogP contribution in [0.5, 0.6) is 0 Å². The molecule has 57 heavy (non-hydrogen) atoms. The highest BCUT2D eigenvalue weighted by atomic mass is 16.7. The highest BCUT2D eigenvalue weighted by Gasteiger charge is 2.46. The molecule has 8 N–H and O–H groups in total. The fraction of sp³-hybridized carbons (Fsp3) is 0.979. The van der Waals surface area contributed by atoms with Gasteiger partial charge in [0.25, 0.3) is 0 Å². The molecule has 10 heteroatoms. The molecule has 1 aliphatic rings. The highest BCUT2D eigenvalue weighted by Crippen LogP contribution is 2.27. The van der Waals surface area contributed by atoms with Crippen LogP contribution >= 0.6 is 0 Å². The standard InChI is InChI=1S/C47H93NO9/c1-3-5-7-9-11-13-15-16-17-18-19-20-21-22-23-24-26-27-29-31-33-35-38(50)41(46(48)57-47-45(55)44(54)43(53)40(37-49)56-47)42(52)39(51)36-34-32-30-28-25-14-12-10-8-6-4-2/h39-47,49,51-55H,3-37,48H2,1-2H3/t39-,40-,41+,42-,43+,44+,45-,46?,47-/m1/s1. The smallest absolute Gasteiger partial charge is 0.188 e. The number of aliphatic hydroxyl groups excluding tert-OH is 6. The van der Waals surface area contributed by atoms with Gasteiger partial charge in [-0.05, 0) is 12.8 Å². The van der Waals surface area contributed by atoms with Gasteiger partial charge in [0.2, 0.25) is 0 Å². The van der Waals surface area contributed by atoms with Crippen LogP contribution < -0.4 is 5.73 Å². The van der Waals surface area contributed by atoms with Crippen molar-refractivity contribution in [3.63, 3.8) is 0 Å². The maximum absolute atomic E-state index is 13.6. The largest absolute Gasteiger partial charge is 0.394 e. The van der Waals surface area contributed by atoms with Gasteiger partial charge in [0.1, 0.15) is 36.4 Å². The lowest BCUT2D eigenvalue weighted by atomic mass is 9.87. The Bertz CT molecular complexity index is 895. The summed E-state index contributed by atoms with van der Waals surface area (Å²) in [5.41, 5.74) is 6.35. The first-order valence-corrected chi connectivity index (χ1v) is 24.3. The van der Waals surface area contributed by atoms with Gasteiger partial charge in [0, 0.05) is 6.42 Å². The van der Waals surface area contributed by atoms with Gasteiger partial charge in [-0.3, -0.25) is 4.79 Å². The van der Waals surface area contributed by atoms with Gasteiger partial charge < -0.3 is 45.8 Å². The van der Waals surface area contributed by atoms with Crippen molar-refractivity contribution in [2.24, 2.45) is 11.7 Å². The molecule has 9 atom stereocenters. The lowest BCUT2D eigenvalue weighted by molar-refractivity contribution is -0.315. The summed E-state index contributed by atoms with van der Waals surface area (Å²) in [7, 11) is 0. The van der Waals surface area contributed by atoms with Crippen molar-refractivity contribution in [2.75, 3.05) is 6.61 Å². The van der Waals surface area contributed by atoms with Crippen LogP contribution in [0.4, 0.5) is 0 Å². The molecule has 10 nitrogen and oxygen atoms in total. The van der Waals surface area contributed by atoms with Crippen LogP contribution in [0.3, 0.4) is 0 Å². The molecule has 0 aliphatic carbocycles. The van der Waals surface area contributed by atoms with Crippen molar-refractivity contribution in [1.82, 2.24) is 0 Å². The summed E-state index contributed by atoms with van der Waals surface area (Å²) in [5.74, 6) is -1.62. The third kappa shape index (κ3) is 26.3. The summed E-state index contributed by atoms with van der Waals surface area (Å²) < 4.78 is 11.2. The van der Waals surface area contributed by atoms with E-state index in [1.807, 2.05) is 0 Å². The van der Waals surface area contributed by atoms with Crippen molar-refractivity contribution in [3.8, 4) is 0 Å². The SMILES string of the molecule is CCCCCCCCCCCCCCCCCCCCCCCC(=O)[C@H](C(N)O[C@H]1O[C@H](CO)[C@H](O)[C@H](O)[C@H]1O)[C@H](O)[C@H](O)CCCCCCCCCCCCC. The lowest BCUT2D eigenvalue weighted by Gasteiger charge is -2.41. The zero-order valence-electron chi connectivity index (χ0n) is 36.9. The molecule has 0 aromatic heterocycles. The molecule has 1 heterocycles. The molecule has 1 unspecified atom stereocenters. The Hall–Kier alpha value is -0.690. The van der Waals surface area contributed by atoms with Crippen LogP contribution in [0.25, 0.3) is 0 Å². The minimum atomic E-state index is -1.70. The summed E-state index contributed by atoms with van der Waals surface area (Å²) in [5, 5.41) is 62.7. The van der Waals surface area contributed by atoms with E-state index in [1.165, 1.54) is 154 Å². The average Bonchev–Trinajstić information content (AvgIpc) is 3.20. The molecule has 1 saturated heterocycles. The van der Waals surface area contributed by atoms with Gasteiger partial charge in [-0.25, -0.2) is 0 Å². The normalized spacial score (nSPS) is 22.1. The molecule has 0 aromatic rings. The number of aliphatic hydroxyl groups is 6. The van der Waals surface area contributed by atoms with Crippen LogP contribution in [0, 0.1) is 5.92 Å². The number of unbranched alkanes of at least 4 members (excludes halogenated alkanes) is 30. The third-order valence-electron chi connectivity index (χ3n) is 12.3. The van der Waals surface area contributed by atoms with Crippen molar-refractivity contribution in [1.29, 1.82) is 0 Å². The monoisotopic (exact) mass is 816 g/mol. The molecule has 0 radical (unpaired) electrons. The number of hydrogen-bond acceptors (Lipinski definition) is 10. The molecule has 0 spiro atoms. The molecule has 1 aliphatic heterocycles. The summed E-state index contributed by atoms with van der Waals surface area (Å²) in [6.07, 6.45) is 28.1. The van der Waals surface area contributed by atoms with E-state index in [9.17, 15) is 35.4 Å². The van der Waals surface area contributed by atoms with E-state index in [4.69, 9.17) is 15.2 Å². The number of nitrogens with two attached hydrogens (primary N) is 1. The van der Waals surface area contributed by atoms with E-state index in [-0.39, 0.29) is 12.2 Å². The Morgan fingerprint density at radius 3 is 1.26 bits per heavy atom. The fourth-order valence-corrected chi connectivity index (χ4v) is 8.31. The van der Waals surface area contributed by atoms with E-state index in [2.05, 4.69) is 13.8 Å². The van der Waals surface area contributed by atoms with Crippen LogP contribution in [-0.2, 0) is 14.3 Å². The summed E-state index contributed by atoms with van der Waals surface area (Å²) >= 11 is 0. The van der Waals surface area contributed by atoms with Gasteiger partial charge >= 0.3 is 0 Å². The van der Waals surface area contributed by atoms with Crippen LogP contribution in [0.15, 0.2) is 0 Å². The molecule has 340 valence electrons. The molecule has 1 rings (SSSR count). The van der Waals surface area contributed by atoms with Gasteiger partial charge in [-0.15, -0.1) is 0 Å². The number of ketones is 1. The topological polar surface area (TPSA) is 183 Å². The van der Waals surface area contributed by atoms with Gasteiger partial charge in [0.05, 0.1) is 24.7 Å². The van der Waals surface area contributed by atoms with E-state index in [0.29, 0.717) is 19.3 Å². The van der Waals surface area contributed by atoms with Crippen molar-refractivity contribution in [2.45, 2.75) is 281 Å². The zero-order chi connectivity index (χ0) is 41.9. The maximum Gasteiger partial charge on any atom is 0.188 e. The van der Waals surface area contributed by atoms with Crippen molar-refractivity contribution < 1.29 is 44.9 Å². The predicted octanol–water partition coefficient (Wildman–Crippen LogP) is 9.30. The number of carbonyl (C=O) groups excluding carboxylic acids is 1. The molecule has 0 aromatic carbocycles. The summed E-state index contributed by atoms with van der Waals surface area (Å²) in [4.78, 5) is 13.6. The van der Waals surface area contributed by atoms with E-state index in [0.717, 1.165) is 38.5 Å². The maximum atomic E-state index is 13.6. The van der Waals surface area contributed by atoms with Crippen LogP contribution in [0.2, 0.25) is 0 Å². The van der Waals surface area contributed by atoms with Gasteiger partial charge in [-0.1, -0.05) is 213 Å². The zero-order valence-corrected chi connectivity index (χ0v) is 36.9. The lowest BCUT2D eigenvalue weighted by Crippen LogP contribution is -2.61. The molecule has 0 bridgehead atoms. The first-order valence-electron chi connectivity index (χ1n) is 24.3. The molecular weight excluding hydrogens is 723 g/mol. The Morgan fingerprint density at radius 2 is 0.895 bits per heavy atom. The van der Waals surface area contributed by atoms with Crippen LogP contribution in [0.1, 0.15) is 232 Å². The first-order chi connectivity index (χ1) is 27.7. The Labute approximate surface area is 349 Å². The Balaban J connectivity index is 2.39. The number of rotatable bonds is 41. The highest BCUT2D eigenvalue weighted by molar-refractivity contribution is 5.82. The molecule has 0 saturated carbocycles. The average molecular weight is 816 g/mol. The number of Topliss-reactive ketones (excluding diaryl/α,β-unsaturated/α-hetero) is 1.